The van der Waals surface area contributed by atoms with E-state index in [2.05, 4.69) is 19.9 Å². The van der Waals surface area contributed by atoms with Crippen LogP contribution < -0.4 is 9.64 Å². The van der Waals surface area contributed by atoms with E-state index in [4.69, 9.17) is 9.26 Å². The average Bonchev–Trinajstić information content (AvgIpc) is 3.17. The number of benzene rings is 1. The van der Waals surface area contributed by atoms with Crippen LogP contribution in [0.2, 0.25) is 0 Å². The van der Waals surface area contributed by atoms with Crippen LogP contribution in [0.1, 0.15) is 11.4 Å². The van der Waals surface area contributed by atoms with Crippen molar-refractivity contribution in [2.75, 3.05) is 32.7 Å². The maximum atomic E-state index is 11.3. The second-order valence-corrected chi connectivity index (χ2v) is 5.88. The molecule has 0 saturated carbocycles. The molecule has 8 heteroatoms. The first-order valence-corrected chi connectivity index (χ1v) is 8.29. The lowest BCUT2D eigenvalue weighted by Crippen LogP contribution is -2.26. The van der Waals surface area contributed by atoms with Crippen LogP contribution in [0.5, 0.6) is 5.75 Å². The third kappa shape index (κ3) is 4.60. The number of carbonyl (C=O) groups excluding carboxylic acids is 1. The Hall–Kier alpha value is -3.42. The van der Waals surface area contributed by atoms with E-state index in [1.807, 2.05) is 30.3 Å². The molecule has 8 nitrogen and oxygen atoms in total. The highest BCUT2D eigenvalue weighted by molar-refractivity contribution is 5.75. The Morgan fingerprint density at radius 1 is 1.15 bits per heavy atom. The zero-order valence-electron chi connectivity index (χ0n) is 15.4. The Labute approximate surface area is 156 Å². The zero-order chi connectivity index (χ0) is 19.2. The van der Waals surface area contributed by atoms with Crippen molar-refractivity contribution in [2.45, 2.75) is 6.42 Å². The molecule has 0 spiro atoms. The van der Waals surface area contributed by atoms with Gasteiger partial charge in [-0.3, -0.25) is 4.79 Å². The van der Waals surface area contributed by atoms with Crippen molar-refractivity contribution in [1.82, 2.24) is 15.1 Å². The zero-order valence-corrected chi connectivity index (χ0v) is 15.4. The minimum atomic E-state index is -0.330. The Bertz CT molecular complexity index is 891. The molecule has 140 valence electrons. The summed E-state index contributed by atoms with van der Waals surface area (Å²) >= 11 is 0. The standard InChI is InChI=1S/C19H20N4O4/c1-23(12-18(24)26-3)17-9-6-14(11-20-17)19-21-16(22-27-19)10-13-4-7-15(25-2)8-5-13/h4-9,11H,10,12H2,1-3H3. The number of esters is 1. The maximum Gasteiger partial charge on any atom is 0.325 e. The number of likely N-dealkylation sites (N-methyl/N-ethyl adjacent to an activating group) is 1. The van der Waals surface area contributed by atoms with Gasteiger partial charge in [0.1, 0.15) is 18.1 Å². The molecule has 0 aliphatic carbocycles. The van der Waals surface area contributed by atoms with E-state index in [-0.39, 0.29) is 12.5 Å². The van der Waals surface area contributed by atoms with Gasteiger partial charge in [-0.25, -0.2) is 4.98 Å². The van der Waals surface area contributed by atoms with E-state index in [0.29, 0.717) is 29.5 Å². The van der Waals surface area contributed by atoms with E-state index in [1.165, 1.54) is 7.11 Å². The molecule has 0 saturated heterocycles. The van der Waals surface area contributed by atoms with Gasteiger partial charge >= 0.3 is 5.97 Å². The van der Waals surface area contributed by atoms with Crippen molar-refractivity contribution >= 4 is 11.8 Å². The Balaban J connectivity index is 1.67. The van der Waals surface area contributed by atoms with E-state index < -0.39 is 0 Å². The molecule has 27 heavy (non-hydrogen) atoms. The molecule has 0 fully saturated rings. The van der Waals surface area contributed by atoms with Crippen molar-refractivity contribution in [1.29, 1.82) is 0 Å². The van der Waals surface area contributed by atoms with Crippen molar-refractivity contribution in [3.05, 3.63) is 54.0 Å². The van der Waals surface area contributed by atoms with Crippen LogP contribution >= 0.6 is 0 Å². The molecule has 2 aromatic heterocycles. The van der Waals surface area contributed by atoms with Crippen LogP contribution in [-0.2, 0) is 16.0 Å². The molecule has 0 aliphatic rings. The molecule has 1 aromatic carbocycles. The highest BCUT2D eigenvalue weighted by Crippen LogP contribution is 2.20. The molecule has 3 aromatic rings. The number of rotatable bonds is 7. The first-order chi connectivity index (χ1) is 13.1. The smallest absolute Gasteiger partial charge is 0.325 e. The number of carbonyl (C=O) groups is 1. The third-order valence-electron chi connectivity index (χ3n) is 3.97. The fraction of sp³-hybridized carbons (Fsp3) is 0.263. The molecule has 0 N–H and O–H groups in total. The summed E-state index contributed by atoms with van der Waals surface area (Å²) in [6.07, 6.45) is 2.19. The number of nitrogens with zero attached hydrogens (tertiary/aromatic N) is 4. The van der Waals surface area contributed by atoms with Gasteiger partial charge < -0.3 is 18.9 Å². The number of ether oxygens (including phenoxy) is 2. The second kappa shape index (κ2) is 8.31. The van der Waals surface area contributed by atoms with Gasteiger partial charge in [0.2, 0.25) is 0 Å². The molecule has 0 atom stereocenters. The van der Waals surface area contributed by atoms with Crippen LogP contribution in [0.4, 0.5) is 5.82 Å². The van der Waals surface area contributed by atoms with Crippen molar-refractivity contribution in [3.8, 4) is 17.2 Å². The minimum absolute atomic E-state index is 0.120. The second-order valence-electron chi connectivity index (χ2n) is 5.88. The fourth-order valence-corrected chi connectivity index (χ4v) is 2.45. The predicted molar refractivity (Wildman–Crippen MR) is 98.6 cm³/mol. The molecule has 0 amide bonds. The molecule has 3 rings (SSSR count). The minimum Gasteiger partial charge on any atom is -0.497 e. The fourth-order valence-electron chi connectivity index (χ4n) is 2.45. The van der Waals surface area contributed by atoms with Gasteiger partial charge in [0.05, 0.1) is 19.8 Å². The van der Waals surface area contributed by atoms with E-state index in [0.717, 1.165) is 11.3 Å². The van der Waals surface area contributed by atoms with E-state index in [9.17, 15) is 4.79 Å². The van der Waals surface area contributed by atoms with E-state index >= 15 is 0 Å². The van der Waals surface area contributed by atoms with Crippen LogP contribution in [0, 0.1) is 0 Å². The van der Waals surface area contributed by atoms with Crippen LogP contribution in [0.3, 0.4) is 0 Å². The van der Waals surface area contributed by atoms with Crippen molar-refractivity contribution < 1.29 is 18.8 Å². The quantitative estimate of drug-likeness (QED) is 0.587. The van der Waals surface area contributed by atoms with Gasteiger partial charge in [-0.2, -0.15) is 4.98 Å². The molecular formula is C19H20N4O4. The number of pyridine rings is 1. The molecule has 0 bridgehead atoms. The van der Waals surface area contributed by atoms with Crippen molar-refractivity contribution in [3.63, 3.8) is 0 Å². The number of anilines is 1. The first-order valence-electron chi connectivity index (χ1n) is 8.29. The van der Waals surface area contributed by atoms with Crippen molar-refractivity contribution in [2.24, 2.45) is 0 Å². The summed E-state index contributed by atoms with van der Waals surface area (Å²) in [5, 5.41) is 4.02. The van der Waals surface area contributed by atoms with Gasteiger partial charge in [-0.1, -0.05) is 17.3 Å². The largest absolute Gasteiger partial charge is 0.497 e. The molecule has 2 heterocycles. The third-order valence-corrected chi connectivity index (χ3v) is 3.97. The Morgan fingerprint density at radius 2 is 1.93 bits per heavy atom. The Morgan fingerprint density at radius 3 is 2.56 bits per heavy atom. The van der Waals surface area contributed by atoms with Gasteiger partial charge in [0.25, 0.3) is 5.89 Å². The maximum absolute atomic E-state index is 11.3. The lowest BCUT2D eigenvalue weighted by Gasteiger charge is -2.16. The summed E-state index contributed by atoms with van der Waals surface area (Å²) in [5.41, 5.74) is 1.76. The van der Waals surface area contributed by atoms with Gasteiger partial charge in [-0.05, 0) is 29.8 Å². The average molecular weight is 368 g/mol. The first kappa shape index (κ1) is 18.4. The Kier molecular flexibility index (Phi) is 5.65. The summed E-state index contributed by atoms with van der Waals surface area (Å²) < 4.78 is 15.1. The summed E-state index contributed by atoms with van der Waals surface area (Å²) in [6, 6.07) is 11.3. The lowest BCUT2D eigenvalue weighted by molar-refractivity contribution is -0.138. The summed E-state index contributed by atoms with van der Waals surface area (Å²) in [6.45, 7) is 0.120. The molecular weight excluding hydrogens is 348 g/mol. The lowest BCUT2D eigenvalue weighted by atomic mass is 10.1. The molecule has 0 aliphatic heterocycles. The predicted octanol–water partition coefficient (Wildman–Crippen LogP) is 2.34. The summed E-state index contributed by atoms with van der Waals surface area (Å²) in [7, 11) is 4.75. The van der Waals surface area contributed by atoms with Crippen LogP contribution in [0.15, 0.2) is 47.1 Å². The summed E-state index contributed by atoms with van der Waals surface area (Å²) in [4.78, 5) is 21.8. The number of hydrogen-bond donors (Lipinski definition) is 0. The monoisotopic (exact) mass is 368 g/mol. The highest BCUT2D eigenvalue weighted by Gasteiger charge is 2.12. The van der Waals surface area contributed by atoms with Gasteiger partial charge in [0, 0.05) is 19.7 Å². The number of hydrogen-bond acceptors (Lipinski definition) is 8. The normalized spacial score (nSPS) is 10.5. The molecule has 0 radical (unpaired) electrons. The topological polar surface area (TPSA) is 90.6 Å². The van der Waals surface area contributed by atoms with Gasteiger partial charge in [-0.15, -0.1) is 0 Å². The van der Waals surface area contributed by atoms with Crippen LogP contribution in [0.25, 0.3) is 11.5 Å². The SMILES string of the molecule is COC(=O)CN(C)c1ccc(-c2nc(Cc3ccc(OC)cc3)no2)cn1. The van der Waals surface area contributed by atoms with E-state index in [1.54, 1.807) is 31.3 Å². The van der Waals surface area contributed by atoms with Gasteiger partial charge in [0.15, 0.2) is 5.82 Å². The summed E-state index contributed by atoms with van der Waals surface area (Å²) in [5.74, 6) is 2.09. The highest BCUT2D eigenvalue weighted by atomic mass is 16.5. The number of methoxy groups -OCH3 is 2. The molecule has 0 unspecified atom stereocenters. The number of aromatic nitrogens is 3. The van der Waals surface area contributed by atoms with Crippen LogP contribution in [-0.4, -0.2) is 48.9 Å².